The first kappa shape index (κ1) is 18.1. The van der Waals surface area contributed by atoms with E-state index in [0.717, 1.165) is 19.5 Å². The van der Waals surface area contributed by atoms with Crippen LogP contribution in [0.4, 0.5) is 0 Å². The van der Waals surface area contributed by atoms with Crippen molar-refractivity contribution in [1.82, 2.24) is 10.4 Å². The van der Waals surface area contributed by atoms with Crippen LogP contribution in [0, 0.1) is 0 Å². The second kappa shape index (κ2) is 9.93. The van der Waals surface area contributed by atoms with Gasteiger partial charge in [0.1, 0.15) is 0 Å². The highest BCUT2D eigenvalue weighted by Crippen LogP contribution is 2.45. The number of hydrogen-bond donors (Lipinski definition) is 2. The third kappa shape index (κ3) is 10.0. The summed E-state index contributed by atoms with van der Waals surface area (Å²) in [5.74, 6) is 0. The van der Waals surface area contributed by atoms with Gasteiger partial charge in [-0.15, -0.1) is 0 Å². The van der Waals surface area contributed by atoms with Gasteiger partial charge in [-0.25, -0.2) is 9.65 Å². The van der Waals surface area contributed by atoms with Gasteiger partial charge < -0.3 is 5.32 Å². The van der Waals surface area contributed by atoms with Crippen molar-refractivity contribution in [3.05, 3.63) is 0 Å². The molecule has 110 valence electrons. The Labute approximate surface area is 112 Å². The molecule has 0 aromatic rings. The number of unbranched alkanes of at least 4 members (excludes halogenated alkanes) is 1. The fourth-order valence-electron chi connectivity index (χ4n) is 1.36. The Morgan fingerprint density at radius 2 is 1.56 bits per heavy atom. The fraction of sp³-hybridized carbons (Fsp3) is 1.00. The van der Waals surface area contributed by atoms with Gasteiger partial charge in [-0.2, -0.15) is 0 Å². The van der Waals surface area contributed by atoms with Gasteiger partial charge in [0.25, 0.3) is 0 Å². The van der Waals surface area contributed by atoms with E-state index in [-0.39, 0.29) is 12.2 Å². The van der Waals surface area contributed by atoms with Crippen LogP contribution < -0.4 is 10.4 Å². The molecule has 0 aliphatic carbocycles. The highest BCUT2D eigenvalue weighted by molar-refractivity contribution is 7.51. The summed E-state index contributed by atoms with van der Waals surface area (Å²) in [5.41, 5.74) is 0. The van der Waals surface area contributed by atoms with Gasteiger partial charge in [-0.3, -0.25) is 9.05 Å². The number of rotatable bonds is 11. The van der Waals surface area contributed by atoms with E-state index < -0.39 is 7.75 Å². The van der Waals surface area contributed by atoms with Crippen molar-refractivity contribution in [3.63, 3.8) is 0 Å². The highest BCUT2D eigenvalue weighted by Gasteiger charge is 2.26. The molecule has 0 bridgehead atoms. The minimum Gasteiger partial charge on any atom is -0.315 e. The second-order valence-corrected chi connectivity index (χ2v) is 6.55. The van der Waals surface area contributed by atoms with Crippen LogP contribution in [0.25, 0.3) is 0 Å². The Morgan fingerprint density at radius 1 is 1.00 bits per heavy atom. The van der Waals surface area contributed by atoms with Crippen LogP contribution in [0.15, 0.2) is 0 Å². The lowest BCUT2D eigenvalue weighted by molar-refractivity contribution is 0.135. The van der Waals surface area contributed by atoms with Gasteiger partial charge in [-0.05, 0) is 40.7 Å². The zero-order chi connectivity index (χ0) is 14.0. The van der Waals surface area contributed by atoms with Crippen molar-refractivity contribution in [1.29, 1.82) is 0 Å². The Balaban J connectivity index is 3.97. The zero-order valence-electron chi connectivity index (χ0n) is 12.4. The SMILES string of the molecule is CCCCNCCNP(=O)(OC(C)C)OC(C)C. The summed E-state index contributed by atoms with van der Waals surface area (Å²) in [6.45, 7) is 11.8. The first-order chi connectivity index (χ1) is 8.39. The first-order valence-electron chi connectivity index (χ1n) is 6.82. The van der Waals surface area contributed by atoms with E-state index in [9.17, 15) is 4.57 Å². The quantitative estimate of drug-likeness (QED) is 0.450. The van der Waals surface area contributed by atoms with Crippen molar-refractivity contribution in [3.8, 4) is 0 Å². The predicted molar refractivity (Wildman–Crippen MR) is 75.8 cm³/mol. The average Bonchev–Trinajstić information content (AvgIpc) is 2.20. The molecule has 2 N–H and O–H groups in total. The standard InChI is InChI=1S/C12H29N2O3P/c1-6-7-8-13-9-10-14-18(15,16-11(2)3)17-12(4)5/h11-13H,6-10H2,1-5H3,(H,14,15). The molecule has 0 unspecified atom stereocenters. The summed E-state index contributed by atoms with van der Waals surface area (Å²) in [5, 5.41) is 6.16. The minimum absolute atomic E-state index is 0.130. The van der Waals surface area contributed by atoms with E-state index in [2.05, 4.69) is 17.3 Å². The van der Waals surface area contributed by atoms with E-state index in [4.69, 9.17) is 9.05 Å². The highest BCUT2D eigenvalue weighted by atomic mass is 31.2. The minimum atomic E-state index is -3.18. The van der Waals surface area contributed by atoms with Gasteiger partial charge in [0.2, 0.25) is 0 Å². The lowest BCUT2D eigenvalue weighted by atomic mass is 10.3. The molecule has 0 aliphatic rings. The zero-order valence-corrected chi connectivity index (χ0v) is 13.3. The van der Waals surface area contributed by atoms with E-state index >= 15 is 0 Å². The van der Waals surface area contributed by atoms with Crippen molar-refractivity contribution >= 4 is 7.75 Å². The average molecular weight is 280 g/mol. The van der Waals surface area contributed by atoms with Crippen LogP contribution in [0.5, 0.6) is 0 Å². The maximum atomic E-state index is 12.3. The van der Waals surface area contributed by atoms with Crippen LogP contribution in [-0.4, -0.2) is 31.8 Å². The second-order valence-electron chi connectivity index (χ2n) is 4.82. The molecule has 0 amide bonds. The molecule has 0 heterocycles. The molecule has 0 aromatic heterocycles. The van der Waals surface area contributed by atoms with Crippen LogP contribution in [0.1, 0.15) is 47.5 Å². The predicted octanol–water partition coefficient (Wildman–Crippen LogP) is 2.92. The molecule has 0 aliphatic heterocycles. The summed E-state index contributed by atoms with van der Waals surface area (Å²) in [6.07, 6.45) is 2.07. The van der Waals surface area contributed by atoms with E-state index in [1.54, 1.807) is 0 Å². The summed E-state index contributed by atoms with van der Waals surface area (Å²) >= 11 is 0. The molecule has 0 aromatic carbocycles. The molecule has 0 spiro atoms. The molecule has 18 heavy (non-hydrogen) atoms. The smallest absolute Gasteiger partial charge is 0.315 e. The summed E-state index contributed by atoms with van der Waals surface area (Å²) in [6, 6.07) is 0. The van der Waals surface area contributed by atoms with Crippen LogP contribution in [0.3, 0.4) is 0 Å². The van der Waals surface area contributed by atoms with E-state index in [1.165, 1.54) is 6.42 Å². The molecule has 0 saturated carbocycles. The fourth-order valence-corrected chi connectivity index (χ4v) is 3.06. The molecular formula is C12H29N2O3P. The lowest BCUT2D eigenvalue weighted by Crippen LogP contribution is -2.28. The Hall–Kier alpha value is 0.0700. The van der Waals surface area contributed by atoms with E-state index in [1.807, 2.05) is 27.7 Å². The Morgan fingerprint density at radius 3 is 2.00 bits per heavy atom. The van der Waals surface area contributed by atoms with Crippen LogP contribution in [0.2, 0.25) is 0 Å². The van der Waals surface area contributed by atoms with Gasteiger partial charge >= 0.3 is 7.75 Å². The lowest BCUT2D eigenvalue weighted by Gasteiger charge is -2.23. The third-order valence-electron chi connectivity index (χ3n) is 2.01. The number of hydrogen-bond acceptors (Lipinski definition) is 4. The molecule has 5 nitrogen and oxygen atoms in total. The van der Waals surface area contributed by atoms with Crippen LogP contribution >= 0.6 is 7.75 Å². The molecule has 0 saturated heterocycles. The molecule has 6 heteroatoms. The van der Waals surface area contributed by atoms with Crippen molar-refractivity contribution in [2.75, 3.05) is 19.6 Å². The van der Waals surface area contributed by atoms with Gasteiger partial charge in [0.15, 0.2) is 0 Å². The van der Waals surface area contributed by atoms with Crippen molar-refractivity contribution < 1.29 is 13.6 Å². The Kier molecular flexibility index (Phi) is 9.97. The van der Waals surface area contributed by atoms with Gasteiger partial charge in [0, 0.05) is 13.1 Å². The maximum absolute atomic E-state index is 12.3. The molecule has 0 rings (SSSR count). The van der Waals surface area contributed by atoms with Gasteiger partial charge in [-0.1, -0.05) is 13.3 Å². The normalized spacial score (nSPS) is 12.6. The van der Waals surface area contributed by atoms with Gasteiger partial charge in [0.05, 0.1) is 12.2 Å². The van der Waals surface area contributed by atoms with Crippen LogP contribution in [-0.2, 0) is 13.6 Å². The number of nitrogens with one attached hydrogen (secondary N) is 2. The summed E-state index contributed by atoms with van der Waals surface area (Å²) in [7, 11) is -3.18. The maximum Gasteiger partial charge on any atom is 0.406 e. The summed E-state index contributed by atoms with van der Waals surface area (Å²) < 4.78 is 23.1. The summed E-state index contributed by atoms with van der Waals surface area (Å²) in [4.78, 5) is 0. The molecule has 0 radical (unpaired) electrons. The molecule has 0 atom stereocenters. The van der Waals surface area contributed by atoms with Crippen molar-refractivity contribution in [2.24, 2.45) is 0 Å². The Bertz CT molecular complexity index is 233. The first-order valence-corrected chi connectivity index (χ1v) is 8.36. The molecular weight excluding hydrogens is 251 g/mol. The largest absolute Gasteiger partial charge is 0.406 e. The topological polar surface area (TPSA) is 59.6 Å². The third-order valence-corrected chi connectivity index (χ3v) is 4.02. The monoisotopic (exact) mass is 280 g/mol. The van der Waals surface area contributed by atoms with E-state index in [0.29, 0.717) is 6.54 Å². The van der Waals surface area contributed by atoms with Crippen molar-refractivity contribution in [2.45, 2.75) is 59.7 Å². The molecule has 0 fully saturated rings.